The molecule has 0 spiro atoms. The van der Waals surface area contributed by atoms with E-state index in [4.69, 9.17) is 10.6 Å². The highest BCUT2D eigenvalue weighted by Crippen LogP contribution is 2.02. The topological polar surface area (TPSA) is 62.9 Å². The molecule has 1 atom stereocenters. The van der Waals surface area contributed by atoms with Crippen molar-refractivity contribution in [2.24, 2.45) is 16.8 Å². The Kier molecular flexibility index (Phi) is 8.04. The molecule has 0 aromatic rings. The first-order valence-electron chi connectivity index (χ1n) is 5.36. The van der Waals surface area contributed by atoms with Crippen LogP contribution in [0.15, 0.2) is 4.99 Å². The standard InChI is InChI=1S/C10H24N4O/c1-5-9(2)8-14(3)10(13-11)12-6-7-15-4/h9H,5-8,11H2,1-4H3,(H,12,13). The van der Waals surface area contributed by atoms with Crippen molar-refractivity contribution in [3.63, 3.8) is 0 Å². The molecule has 0 rings (SSSR count). The Balaban J connectivity index is 4.08. The summed E-state index contributed by atoms with van der Waals surface area (Å²) in [4.78, 5) is 6.33. The van der Waals surface area contributed by atoms with Gasteiger partial charge in [-0.05, 0) is 5.92 Å². The van der Waals surface area contributed by atoms with Crippen molar-refractivity contribution < 1.29 is 4.74 Å². The van der Waals surface area contributed by atoms with Gasteiger partial charge in [-0.1, -0.05) is 20.3 Å². The minimum atomic E-state index is 0.613. The smallest absolute Gasteiger partial charge is 0.208 e. The van der Waals surface area contributed by atoms with Crippen molar-refractivity contribution in [1.82, 2.24) is 10.3 Å². The van der Waals surface area contributed by atoms with Gasteiger partial charge in [-0.15, -0.1) is 0 Å². The predicted molar refractivity (Wildman–Crippen MR) is 63.6 cm³/mol. The van der Waals surface area contributed by atoms with E-state index in [0.717, 1.165) is 13.0 Å². The minimum Gasteiger partial charge on any atom is -0.383 e. The molecule has 0 aromatic heterocycles. The van der Waals surface area contributed by atoms with Gasteiger partial charge in [0, 0.05) is 20.7 Å². The normalized spacial score (nSPS) is 13.8. The maximum absolute atomic E-state index is 5.41. The van der Waals surface area contributed by atoms with Crippen LogP contribution < -0.4 is 11.3 Å². The molecule has 15 heavy (non-hydrogen) atoms. The van der Waals surface area contributed by atoms with Crippen molar-refractivity contribution in [1.29, 1.82) is 0 Å². The van der Waals surface area contributed by atoms with Gasteiger partial charge in [0.25, 0.3) is 0 Å². The summed E-state index contributed by atoms with van der Waals surface area (Å²) in [5.74, 6) is 6.76. The van der Waals surface area contributed by atoms with E-state index in [1.807, 2.05) is 11.9 Å². The molecule has 0 aliphatic heterocycles. The molecule has 1 unspecified atom stereocenters. The molecular formula is C10H24N4O. The Morgan fingerprint density at radius 2 is 2.27 bits per heavy atom. The zero-order valence-electron chi connectivity index (χ0n) is 10.3. The third-order valence-corrected chi connectivity index (χ3v) is 2.33. The maximum Gasteiger partial charge on any atom is 0.208 e. The number of hydrazine groups is 1. The molecule has 0 heterocycles. The van der Waals surface area contributed by atoms with E-state index < -0.39 is 0 Å². The molecule has 0 radical (unpaired) electrons. The number of nitrogens with two attached hydrogens (primary N) is 1. The van der Waals surface area contributed by atoms with Crippen molar-refractivity contribution >= 4 is 5.96 Å². The lowest BCUT2D eigenvalue weighted by molar-refractivity contribution is 0.207. The molecule has 0 aromatic carbocycles. The van der Waals surface area contributed by atoms with Crippen LogP contribution in [0.2, 0.25) is 0 Å². The average molecular weight is 216 g/mol. The van der Waals surface area contributed by atoms with Crippen LogP contribution >= 0.6 is 0 Å². The van der Waals surface area contributed by atoms with Gasteiger partial charge >= 0.3 is 0 Å². The largest absolute Gasteiger partial charge is 0.383 e. The van der Waals surface area contributed by atoms with Gasteiger partial charge in [-0.25, -0.2) is 10.8 Å². The molecule has 0 saturated carbocycles. The molecule has 0 amide bonds. The van der Waals surface area contributed by atoms with E-state index in [1.54, 1.807) is 7.11 Å². The van der Waals surface area contributed by atoms with E-state index in [0.29, 0.717) is 25.0 Å². The van der Waals surface area contributed by atoms with Gasteiger partial charge in [-0.2, -0.15) is 0 Å². The fourth-order valence-electron chi connectivity index (χ4n) is 1.20. The van der Waals surface area contributed by atoms with Crippen molar-refractivity contribution in [2.45, 2.75) is 20.3 Å². The highest BCUT2D eigenvalue weighted by molar-refractivity contribution is 5.79. The first-order valence-corrected chi connectivity index (χ1v) is 5.36. The van der Waals surface area contributed by atoms with Crippen LogP contribution in [0.5, 0.6) is 0 Å². The van der Waals surface area contributed by atoms with Crippen LogP contribution in [0.1, 0.15) is 20.3 Å². The molecular weight excluding hydrogens is 192 g/mol. The molecule has 0 bridgehead atoms. The number of ether oxygens (including phenoxy) is 1. The van der Waals surface area contributed by atoms with Gasteiger partial charge in [0.05, 0.1) is 13.2 Å². The summed E-state index contributed by atoms with van der Waals surface area (Å²) < 4.78 is 4.92. The fraction of sp³-hybridized carbons (Fsp3) is 0.900. The van der Waals surface area contributed by atoms with Crippen molar-refractivity contribution in [3.05, 3.63) is 0 Å². The van der Waals surface area contributed by atoms with Crippen molar-refractivity contribution in [3.8, 4) is 0 Å². The zero-order valence-corrected chi connectivity index (χ0v) is 10.3. The molecule has 0 saturated heterocycles. The third-order valence-electron chi connectivity index (χ3n) is 2.33. The molecule has 0 aliphatic carbocycles. The number of hydrogen-bond donors (Lipinski definition) is 2. The summed E-state index contributed by atoms with van der Waals surface area (Å²) in [5, 5.41) is 0. The van der Waals surface area contributed by atoms with E-state index in [1.165, 1.54) is 0 Å². The number of rotatable bonds is 6. The Hall–Kier alpha value is -0.810. The van der Waals surface area contributed by atoms with Gasteiger partial charge < -0.3 is 9.64 Å². The lowest BCUT2D eigenvalue weighted by Gasteiger charge is -2.23. The number of hydrogen-bond acceptors (Lipinski definition) is 3. The lowest BCUT2D eigenvalue weighted by atomic mass is 10.1. The Bertz CT molecular complexity index is 184. The number of nitrogens with one attached hydrogen (secondary N) is 1. The molecule has 3 N–H and O–H groups in total. The summed E-state index contributed by atoms with van der Waals surface area (Å²) >= 11 is 0. The number of nitrogens with zero attached hydrogens (tertiary/aromatic N) is 2. The fourth-order valence-corrected chi connectivity index (χ4v) is 1.20. The summed E-state index contributed by atoms with van der Waals surface area (Å²) in [7, 11) is 3.64. The van der Waals surface area contributed by atoms with Crippen LogP contribution in [-0.2, 0) is 4.74 Å². The third kappa shape index (κ3) is 6.30. The summed E-state index contributed by atoms with van der Waals surface area (Å²) in [6, 6.07) is 0. The van der Waals surface area contributed by atoms with E-state index in [-0.39, 0.29) is 0 Å². The average Bonchev–Trinajstić information content (AvgIpc) is 2.24. The number of aliphatic imine (C=N–C) groups is 1. The van der Waals surface area contributed by atoms with Gasteiger partial charge in [0.1, 0.15) is 0 Å². The predicted octanol–water partition coefficient (Wildman–Crippen LogP) is 0.430. The maximum atomic E-state index is 5.41. The van der Waals surface area contributed by atoms with Crippen LogP contribution in [0.3, 0.4) is 0 Å². The summed E-state index contributed by atoms with van der Waals surface area (Å²) in [6.07, 6.45) is 1.15. The monoisotopic (exact) mass is 216 g/mol. The first-order chi connectivity index (χ1) is 7.15. The highest BCUT2D eigenvalue weighted by Gasteiger charge is 2.07. The highest BCUT2D eigenvalue weighted by atomic mass is 16.5. The minimum absolute atomic E-state index is 0.613. The van der Waals surface area contributed by atoms with Crippen LogP contribution in [0, 0.1) is 5.92 Å². The summed E-state index contributed by atoms with van der Waals surface area (Å²) in [5.41, 5.74) is 2.61. The Morgan fingerprint density at radius 1 is 1.60 bits per heavy atom. The molecule has 5 heteroatoms. The quantitative estimate of drug-likeness (QED) is 0.222. The second-order valence-electron chi connectivity index (χ2n) is 3.74. The molecule has 90 valence electrons. The molecule has 0 fully saturated rings. The SMILES string of the molecule is CCC(C)CN(C)C(=NCCOC)NN. The molecule has 0 aliphatic rings. The van der Waals surface area contributed by atoms with Crippen LogP contribution in [0.25, 0.3) is 0 Å². The Morgan fingerprint density at radius 3 is 2.73 bits per heavy atom. The van der Waals surface area contributed by atoms with Gasteiger partial charge in [0.15, 0.2) is 0 Å². The van der Waals surface area contributed by atoms with Gasteiger partial charge in [-0.3, -0.25) is 5.43 Å². The lowest BCUT2D eigenvalue weighted by Crippen LogP contribution is -2.44. The van der Waals surface area contributed by atoms with Crippen LogP contribution in [-0.4, -0.2) is 44.7 Å². The second kappa shape index (κ2) is 8.49. The first kappa shape index (κ1) is 14.2. The Labute approximate surface area is 92.7 Å². The van der Waals surface area contributed by atoms with Crippen molar-refractivity contribution in [2.75, 3.05) is 33.9 Å². The van der Waals surface area contributed by atoms with Gasteiger partial charge in [0.2, 0.25) is 5.96 Å². The number of guanidine groups is 1. The second-order valence-corrected chi connectivity index (χ2v) is 3.74. The summed E-state index contributed by atoms with van der Waals surface area (Å²) in [6.45, 7) is 6.58. The van der Waals surface area contributed by atoms with Crippen LogP contribution in [0.4, 0.5) is 0 Å². The molecule has 5 nitrogen and oxygen atoms in total. The zero-order chi connectivity index (χ0) is 11.7. The van der Waals surface area contributed by atoms with E-state index in [2.05, 4.69) is 24.3 Å². The van der Waals surface area contributed by atoms with E-state index >= 15 is 0 Å². The number of methoxy groups -OCH3 is 1. The van der Waals surface area contributed by atoms with E-state index in [9.17, 15) is 0 Å².